The van der Waals surface area contributed by atoms with Gasteiger partial charge in [-0.2, -0.15) is 0 Å². The molecule has 1 unspecified atom stereocenters. The van der Waals surface area contributed by atoms with Crippen molar-refractivity contribution in [1.82, 2.24) is 0 Å². The molecule has 1 aromatic rings. The molecule has 0 aliphatic carbocycles. The molecule has 0 aromatic heterocycles. The highest BCUT2D eigenvalue weighted by Gasteiger charge is 2.14. The molecule has 1 rings (SSSR count). The molecule has 0 radical (unpaired) electrons. The summed E-state index contributed by atoms with van der Waals surface area (Å²) in [7, 11) is 0. The van der Waals surface area contributed by atoms with Crippen molar-refractivity contribution in [3.8, 4) is 11.8 Å². The number of halogens is 1. The van der Waals surface area contributed by atoms with E-state index in [0.717, 1.165) is 6.07 Å². The molecule has 0 amide bonds. The monoisotopic (exact) mass is 224 g/mol. The average molecular weight is 224 g/mol. The van der Waals surface area contributed by atoms with Gasteiger partial charge in [0.2, 0.25) is 0 Å². The molecule has 0 saturated heterocycles. The Morgan fingerprint density at radius 3 is 2.81 bits per heavy atom. The van der Waals surface area contributed by atoms with Gasteiger partial charge in [0.15, 0.2) is 0 Å². The summed E-state index contributed by atoms with van der Waals surface area (Å²) in [6, 6.07) is 5.21. The lowest BCUT2D eigenvalue weighted by Crippen LogP contribution is -2.17. The molecule has 5 heteroatoms. The molecule has 0 aliphatic heterocycles. The quantitative estimate of drug-likeness (QED) is 0.430. The molecule has 0 aliphatic rings. The fourth-order valence-corrected chi connectivity index (χ4v) is 0.954. The van der Waals surface area contributed by atoms with Crippen molar-refractivity contribution < 1.29 is 24.1 Å². The second-order valence-electron chi connectivity index (χ2n) is 2.72. The number of rotatable bonds is 2. The standard InChI is InChI=1S/C11H9FO4/c12-9-5-2-1-4-8(9)11(15)16-10(14)6-3-7-13/h1-2,4-5,10,13-14H,7H2. The summed E-state index contributed by atoms with van der Waals surface area (Å²) in [6.45, 7) is -0.464. The van der Waals surface area contributed by atoms with Crippen LogP contribution in [0.15, 0.2) is 24.3 Å². The smallest absolute Gasteiger partial charge is 0.344 e. The van der Waals surface area contributed by atoms with E-state index in [0.29, 0.717) is 0 Å². The number of hydrogen-bond acceptors (Lipinski definition) is 4. The normalized spacial score (nSPS) is 11.2. The van der Waals surface area contributed by atoms with Crippen LogP contribution < -0.4 is 0 Å². The maximum atomic E-state index is 13.1. The lowest BCUT2D eigenvalue weighted by atomic mass is 10.2. The summed E-state index contributed by atoms with van der Waals surface area (Å²) < 4.78 is 17.5. The van der Waals surface area contributed by atoms with Gasteiger partial charge in [-0.05, 0) is 18.1 Å². The van der Waals surface area contributed by atoms with Gasteiger partial charge in [0, 0.05) is 0 Å². The predicted molar refractivity (Wildman–Crippen MR) is 52.7 cm³/mol. The second kappa shape index (κ2) is 5.85. The summed E-state index contributed by atoms with van der Waals surface area (Å²) in [5, 5.41) is 17.4. The first-order chi connectivity index (χ1) is 7.65. The van der Waals surface area contributed by atoms with Crippen molar-refractivity contribution in [1.29, 1.82) is 0 Å². The second-order valence-corrected chi connectivity index (χ2v) is 2.72. The van der Waals surface area contributed by atoms with Crippen LogP contribution in [0.1, 0.15) is 10.4 Å². The molecule has 1 aromatic carbocycles. The van der Waals surface area contributed by atoms with E-state index in [1.807, 2.05) is 5.92 Å². The Morgan fingerprint density at radius 1 is 1.50 bits per heavy atom. The van der Waals surface area contributed by atoms with Crippen LogP contribution >= 0.6 is 0 Å². The summed E-state index contributed by atoms with van der Waals surface area (Å²) in [6.07, 6.45) is -1.68. The zero-order chi connectivity index (χ0) is 12.0. The molecule has 0 fully saturated rings. The van der Waals surface area contributed by atoms with Gasteiger partial charge in [0.25, 0.3) is 6.29 Å². The Hall–Kier alpha value is -1.90. The minimum Gasteiger partial charge on any atom is -0.420 e. The first-order valence-electron chi connectivity index (χ1n) is 4.38. The molecular weight excluding hydrogens is 215 g/mol. The van der Waals surface area contributed by atoms with E-state index in [-0.39, 0.29) is 5.56 Å². The minimum atomic E-state index is -1.68. The van der Waals surface area contributed by atoms with Gasteiger partial charge < -0.3 is 14.9 Å². The highest BCUT2D eigenvalue weighted by atomic mass is 19.1. The molecule has 0 bridgehead atoms. The Kier molecular flexibility index (Phi) is 4.45. The van der Waals surface area contributed by atoms with Crippen LogP contribution in [-0.2, 0) is 4.74 Å². The Bertz CT molecular complexity index is 433. The predicted octanol–water partition coefficient (Wildman–Crippen LogP) is 0.297. The van der Waals surface area contributed by atoms with Crippen LogP contribution in [0.2, 0.25) is 0 Å². The van der Waals surface area contributed by atoms with Crippen LogP contribution in [0.4, 0.5) is 4.39 Å². The average Bonchev–Trinajstić information content (AvgIpc) is 2.26. The molecule has 2 N–H and O–H groups in total. The number of benzene rings is 1. The van der Waals surface area contributed by atoms with E-state index < -0.39 is 24.7 Å². The van der Waals surface area contributed by atoms with E-state index in [9.17, 15) is 9.18 Å². The molecule has 4 nitrogen and oxygen atoms in total. The largest absolute Gasteiger partial charge is 0.420 e. The molecule has 16 heavy (non-hydrogen) atoms. The Balaban J connectivity index is 2.70. The van der Waals surface area contributed by atoms with E-state index >= 15 is 0 Å². The fourth-order valence-electron chi connectivity index (χ4n) is 0.954. The van der Waals surface area contributed by atoms with Crippen LogP contribution in [0.5, 0.6) is 0 Å². The van der Waals surface area contributed by atoms with E-state index in [4.69, 9.17) is 10.2 Å². The van der Waals surface area contributed by atoms with Crippen molar-refractivity contribution >= 4 is 5.97 Å². The van der Waals surface area contributed by atoms with E-state index in [1.54, 1.807) is 0 Å². The molecular formula is C11H9FO4. The number of hydrogen-bond donors (Lipinski definition) is 2. The first-order valence-corrected chi connectivity index (χ1v) is 4.38. The third kappa shape index (κ3) is 3.35. The molecule has 0 spiro atoms. The van der Waals surface area contributed by atoms with Gasteiger partial charge in [0.05, 0.1) is 5.56 Å². The van der Waals surface area contributed by atoms with Crippen LogP contribution in [0.25, 0.3) is 0 Å². The molecule has 84 valence electrons. The van der Waals surface area contributed by atoms with E-state index in [1.165, 1.54) is 18.2 Å². The van der Waals surface area contributed by atoms with Gasteiger partial charge in [0.1, 0.15) is 12.4 Å². The highest BCUT2D eigenvalue weighted by Crippen LogP contribution is 2.08. The van der Waals surface area contributed by atoms with Crippen LogP contribution in [0, 0.1) is 17.7 Å². The van der Waals surface area contributed by atoms with Crippen molar-refractivity contribution in [2.45, 2.75) is 6.29 Å². The number of aliphatic hydroxyl groups is 2. The third-order valence-electron chi connectivity index (χ3n) is 1.62. The summed E-state index contributed by atoms with van der Waals surface area (Å²) in [5.41, 5.74) is -0.285. The third-order valence-corrected chi connectivity index (χ3v) is 1.62. The van der Waals surface area contributed by atoms with Gasteiger partial charge in [-0.1, -0.05) is 18.1 Å². The maximum Gasteiger partial charge on any atom is 0.344 e. The van der Waals surface area contributed by atoms with Gasteiger partial charge in [-0.25, -0.2) is 9.18 Å². The van der Waals surface area contributed by atoms with Gasteiger partial charge in [-0.15, -0.1) is 0 Å². The number of carbonyl (C=O) groups excluding carboxylic acids is 1. The summed E-state index contributed by atoms with van der Waals surface area (Å²) in [5.74, 6) is 2.39. The van der Waals surface area contributed by atoms with Gasteiger partial charge >= 0.3 is 5.97 Å². The topological polar surface area (TPSA) is 66.8 Å². The number of carbonyl (C=O) groups is 1. The summed E-state index contributed by atoms with van der Waals surface area (Å²) in [4.78, 5) is 11.3. The van der Waals surface area contributed by atoms with Crippen LogP contribution in [-0.4, -0.2) is 29.1 Å². The zero-order valence-electron chi connectivity index (χ0n) is 8.18. The SMILES string of the molecule is O=C(OC(O)C#CCO)c1ccccc1F. The highest BCUT2D eigenvalue weighted by molar-refractivity contribution is 5.89. The van der Waals surface area contributed by atoms with Crippen molar-refractivity contribution in [3.63, 3.8) is 0 Å². The number of aliphatic hydroxyl groups excluding tert-OH is 2. The number of ether oxygens (including phenoxy) is 1. The van der Waals surface area contributed by atoms with Gasteiger partial charge in [-0.3, -0.25) is 0 Å². The zero-order valence-corrected chi connectivity index (χ0v) is 8.18. The number of esters is 1. The Morgan fingerprint density at radius 2 is 2.19 bits per heavy atom. The molecule has 0 heterocycles. The fraction of sp³-hybridized carbons (Fsp3) is 0.182. The molecule has 0 saturated carbocycles. The van der Waals surface area contributed by atoms with Crippen molar-refractivity contribution in [2.75, 3.05) is 6.61 Å². The van der Waals surface area contributed by atoms with E-state index in [2.05, 4.69) is 10.7 Å². The van der Waals surface area contributed by atoms with Crippen LogP contribution in [0.3, 0.4) is 0 Å². The molecule has 1 atom stereocenters. The van der Waals surface area contributed by atoms with Crippen molar-refractivity contribution in [3.05, 3.63) is 35.6 Å². The first kappa shape index (κ1) is 12.2. The maximum absolute atomic E-state index is 13.1. The lowest BCUT2D eigenvalue weighted by molar-refractivity contribution is -0.0302. The Labute approximate surface area is 91.3 Å². The minimum absolute atomic E-state index is 0.285. The van der Waals surface area contributed by atoms with Crippen molar-refractivity contribution in [2.24, 2.45) is 0 Å². The summed E-state index contributed by atoms with van der Waals surface area (Å²) >= 11 is 0. The lowest BCUT2D eigenvalue weighted by Gasteiger charge is -2.06.